The van der Waals surface area contributed by atoms with Crippen LogP contribution in [0, 0.1) is 6.92 Å². The van der Waals surface area contributed by atoms with E-state index in [0.717, 1.165) is 47.8 Å². The van der Waals surface area contributed by atoms with Crippen molar-refractivity contribution in [2.24, 2.45) is 0 Å². The number of methoxy groups -OCH3 is 2. The Morgan fingerprint density at radius 2 is 1.74 bits per heavy atom. The Labute approximate surface area is 182 Å². The number of benzene rings is 2. The number of aromatic nitrogens is 3. The van der Waals surface area contributed by atoms with Gasteiger partial charge < -0.3 is 14.8 Å². The molecule has 0 spiro atoms. The Bertz CT molecular complexity index is 1190. The van der Waals surface area contributed by atoms with Gasteiger partial charge >= 0.3 is 0 Å². The molecule has 0 bridgehead atoms. The number of fused-ring (bicyclic) bond motifs is 1. The van der Waals surface area contributed by atoms with Gasteiger partial charge in [-0.3, -0.25) is 0 Å². The Hall–Kier alpha value is -3.54. The summed E-state index contributed by atoms with van der Waals surface area (Å²) in [4.78, 5) is 4.80. The first kappa shape index (κ1) is 20.7. The van der Waals surface area contributed by atoms with Gasteiger partial charge in [0.15, 0.2) is 17.1 Å². The number of hydrogen-bond donors (Lipinski definition) is 1. The molecule has 31 heavy (non-hydrogen) atoms. The van der Waals surface area contributed by atoms with Crippen LogP contribution in [0.15, 0.2) is 54.6 Å². The monoisotopic (exact) mass is 416 g/mol. The number of nitrogens with zero attached hydrogens (tertiary/aromatic N) is 3. The van der Waals surface area contributed by atoms with Crippen molar-refractivity contribution < 1.29 is 9.47 Å². The minimum Gasteiger partial charge on any atom is -0.493 e. The van der Waals surface area contributed by atoms with Crippen molar-refractivity contribution in [3.8, 4) is 22.8 Å². The Morgan fingerprint density at radius 1 is 0.968 bits per heavy atom. The van der Waals surface area contributed by atoms with Crippen molar-refractivity contribution in [2.45, 2.75) is 26.7 Å². The molecule has 0 aliphatic heterocycles. The largest absolute Gasteiger partial charge is 0.493 e. The second kappa shape index (κ2) is 9.08. The van der Waals surface area contributed by atoms with Crippen molar-refractivity contribution in [3.05, 3.63) is 71.4 Å². The van der Waals surface area contributed by atoms with Gasteiger partial charge in [0.25, 0.3) is 0 Å². The molecule has 0 atom stereocenters. The van der Waals surface area contributed by atoms with Crippen molar-refractivity contribution >= 4 is 11.5 Å². The highest BCUT2D eigenvalue weighted by molar-refractivity contribution is 5.69. The third-order valence-corrected chi connectivity index (χ3v) is 5.49. The number of ether oxygens (including phenoxy) is 2. The van der Waals surface area contributed by atoms with Gasteiger partial charge in [-0.25, -0.2) is 4.98 Å². The molecule has 4 aromatic rings. The van der Waals surface area contributed by atoms with Crippen molar-refractivity contribution in [1.29, 1.82) is 0 Å². The van der Waals surface area contributed by atoms with Crippen LogP contribution in [0.1, 0.15) is 23.7 Å². The minimum absolute atomic E-state index is 0.677. The molecule has 2 aromatic carbocycles. The number of aryl methyl sites for hydroxylation is 1. The molecule has 0 saturated carbocycles. The lowest BCUT2D eigenvalue weighted by Gasteiger charge is -2.14. The summed E-state index contributed by atoms with van der Waals surface area (Å²) in [5.74, 6) is 2.38. The van der Waals surface area contributed by atoms with E-state index in [1.165, 1.54) is 11.1 Å². The first-order valence-corrected chi connectivity index (χ1v) is 10.5. The fourth-order valence-corrected chi connectivity index (χ4v) is 3.87. The molecule has 4 rings (SSSR count). The van der Waals surface area contributed by atoms with E-state index in [9.17, 15) is 0 Å². The maximum atomic E-state index is 5.46. The van der Waals surface area contributed by atoms with Gasteiger partial charge in [-0.2, -0.15) is 9.61 Å². The predicted octanol–water partition coefficient (Wildman–Crippen LogP) is 4.94. The Balaban J connectivity index is 1.70. The van der Waals surface area contributed by atoms with Crippen LogP contribution < -0.4 is 14.8 Å². The topological polar surface area (TPSA) is 60.7 Å². The van der Waals surface area contributed by atoms with Crippen LogP contribution in [-0.4, -0.2) is 35.4 Å². The summed E-state index contributed by atoms with van der Waals surface area (Å²) in [6, 6.07) is 18.3. The second-order valence-electron chi connectivity index (χ2n) is 7.41. The number of anilines is 1. The van der Waals surface area contributed by atoms with E-state index < -0.39 is 0 Å². The SMILES string of the molecule is CCc1c(C)nc2cc(-c3ccc(OC)c(OC)c3)nn2c1NCCc1ccccc1. The van der Waals surface area contributed by atoms with E-state index in [1.54, 1.807) is 14.2 Å². The molecule has 2 heterocycles. The van der Waals surface area contributed by atoms with E-state index in [-0.39, 0.29) is 0 Å². The van der Waals surface area contributed by atoms with Gasteiger partial charge in [0.05, 0.1) is 19.9 Å². The highest BCUT2D eigenvalue weighted by Crippen LogP contribution is 2.33. The van der Waals surface area contributed by atoms with Crippen LogP contribution in [0.2, 0.25) is 0 Å². The van der Waals surface area contributed by atoms with E-state index in [4.69, 9.17) is 19.6 Å². The number of rotatable bonds is 8. The summed E-state index contributed by atoms with van der Waals surface area (Å²) >= 11 is 0. The van der Waals surface area contributed by atoms with Gasteiger partial charge in [-0.1, -0.05) is 37.3 Å². The van der Waals surface area contributed by atoms with E-state index in [0.29, 0.717) is 11.5 Å². The highest BCUT2D eigenvalue weighted by Gasteiger charge is 2.16. The van der Waals surface area contributed by atoms with Crippen LogP contribution >= 0.6 is 0 Å². The summed E-state index contributed by atoms with van der Waals surface area (Å²) in [6.07, 6.45) is 1.82. The maximum Gasteiger partial charge on any atom is 0.161 e. The van der Waals surface area contributed by atoms with Crippen LogP contribution in [-0.2, 0) is 12.8 Å². The standard InChI is InChI=1S/C25H28N4O2/c1-5-20-17(2)27-24-16-21(19-11-12-22(30-3)23(15-19)31-4)28-29(24)25(20)26-14-13-18-9-7-6-8-10-18/h6-12,15-16,26H,5,13-14H2,1-4H3. The zero-order valence-electron chi connectivity index (χ0n) is 18.5. The Kier molecular flexibility index (Phi) is 6.07. The van der Waals surface area contributed by atoms with Crippen LogP contribution in [0.4, 0.5) is 5.82 Å². The molecule has 0 amide bonds. The fraction of sp³-hybridized carbons (Fsp3) is 0.280. The third-order valence-electron chi connectivity index (χ3n) is 5.49. The molecule has 0 unspecified atom stereocenters. The summed E-state index contributed by atoms with van der Waals surface area (Å²) in [5.41, 5.74) is 6.13. The molecular weight excluding hydrogens is 388 g/mol. The van der Waals surface area contributed by atoms with E-state index >= 15 is 0 Å². The summed E-state index contributed by atoms with van der Waals surface area (Å²) in [7, 11) is 3.27. The molecule has 2 aromatic heterocycles. The lowest BCUT2D eigenvalue weighted by Crippen LogP contribution is -2.13. The lowest BCUT2D eigenvalue weighted by molar-refractivity contribution is 0.355. The molecule has 0 aliphatic rings. The fourth-order valence-electron chi connectivity index (χ4n) is 3.87. The minimum atomic E-state index is 0.677. The van der Waals surface area contributed by atoms with Gasteiger partial charge in [-0.15, -0.1) is 0 Å². The quantitative estimate of drug-likeness (QED) is 0.441. The zero-order chi connectivity index (χ0) is 21.8. The zero-order valence-corrected chi connectivity index (χ0v) is 18.5. The number of nitrogens with one attached hydrogen (secondary N) is 1. The molecule has 0 aliphatic carbocycles. The average molecular weight is 417 g/mol. The second-order valence-corrected chi connectivity index (χ2v) is 7.41. The molecule has 0 saturated heterocycles. The predicted molar refractivity (Wildman–Crippen MR) is 124 cm³/mol. The molecule has 0 radical (unpaired) electrons. The van der Waals surface area contributed by atoms with Gasteiger partial charge in [-0.05, 0) is 43.5 Å². The van der Waals surface area contributed by atoms with Gasteiger partial charge in [0.2, 0.25) is 0 Å². The van der Waals surface area contributed by atoms with Crippen LogP contribution in [0.25, 0.3) is 16.9 Å². The maximum absolute atomic E-state index is 5.46. The molecule has 1 N–H and O–H groups in total. The number of hydrogen-bond acceptors (Lipinski definition) is 5. The molecule has 160 valence electrons. The first-order valence-electron chi connectivity index (χ1n) is 10.5. The third kappa shape index (κ3) is 4.19. The summed E-state index contributed by atoms with van der Waals surface area (Å²) in [6.45, 7) is 5.03. The molecule has 6 nitrogen and oxygen atoms in total. The van der Waals surface area contributed by atoms with Gasteiger partial charge in [0.1, 0.15) is 5.82 Å². The summed E-state index contributed by atoms with van der Waals surface area (Å²) < 4.78 is 12.7. The molecular formula is C25H28N4O2. The molecule has 0 fully saturated rings. The average Bonchev–Trinajstić information content (AvgIpc) is 3.23. The first-order chi connectivity index (χ1) is 15.1. The van der Waals surface area contributed by atoms with Crippen LogP contribution in [0.5, 0.6) is 11.5 Å². The van der Waals surface area contributed by atoms with Crippen LogP contribution in [0.3, 0.4) is 0 Å². The smallest absolute Gasteiger partial charge is 0.161 e. The van der Waals surface area contributed by atoms with Crippen molar-refractivity contribution in [3.63, 3.8) is 0 Å². The van der Waals surface area contributed by atoms with E-state index in [2.05, 4.69) is 43.4 Å². The summed E-state index contributed by atoms with van der Waals surface area (Å²) in [5, 5.41) is 8.50. The Morgan fingerprint density at radius 3 is 2.45 bits per heavy atom. The molecule has 6 heteroatoms. The van der Waals surface area contributed by atoms with Crippen molar-refractivity contribution in [1.82, 2.24) is 14.6 Å². The van der Waals surface area contributed by atoms with E-state index in [1.807, 2.05) is 34.8 Å². The normalized spacial score (nSPS) is 11.0. The highest BCUT2D eigenvalue weighted by atomic mass is 16.5. The lowest BCUT2D eigenvalue weighted by atomic mass is 10.1. The van der Waals surface area contributed by atoms with Gasteiger partial charge in [0, 0.05) is 29.4 Å². The van der Waals surface area contributed by atoms with Crippen molar-refractivity contribution in [2.75, 3.05) is 26.1 Å².